The highest BCUT2D eigenvalue weighted by molar-refractivity contribution is 7.80. The summed E-state index contributed by atoms with van der Waals surface area (Å²) in [7, 11) is 0. The number of nitrogens with one attached hydrogen (secondary N) is 2. The molecule has 1 aromatic carbocycles. The molecule has 0 saturated heterocycles. The van der Waals surface area contributed by atoms with E-state index < -0.39 is 0 Å². The molecular formula is C21H23N3O2S2. The van der Waals surface area contributed by atoms with Crippen LogP contribution in [0.3, 0.4) is 0 Å². The first-order chi connectivity index (χ1) is 13.5. The fraction of sp³-hybridized carbons (Fsp3) is 0.381. The number of ether oxygens (including phenoxy) is 1. The second-order valence-corrected chi connectivity index (χ2v) is 8.68. The van der Waals surface area contributed by atoms with Crippen molar-refractivity contribution in [3.63, 3.8) is 0 Å². The molecule has 1 aliphatic rings. The maximum absolute atomic E-state index is 12.5. The van der Waals surface area contributed by atoms with Gasteiger partial charge < -0.3 is 10.1 Å². The predicted octanol–water partition coefficient (Wildman–Crippen LogP) is 4.66. The van der Waals surface area contributed by atoms with Crippen LogP contribution in [0.15, 0.2) is 24.3 Å². The van der Waals surface area contributed by atoms with Crippen LogP contribution >= 0.6 is 23.6 Å². The van der Waals surface area contributed by atoms with Crippen LogP contribution in [0.5, 0.6) is 5.75 Å². The fourth-order valence-corrected chi connectivity index (χ4v) is 4.58. The number of aryl methyl sites for hydroxylation is 1. The lowest BCUT2D eigenvalue weighted by atomic mass is 9.96. The zero-order valence-electron chi connectivity index (χ0n) is 16.0. The van der Waals surface area contributed by atoms with E-state index in [1.54, 1.807) is 29.5 Å². The second-order valence-electron chi connectivity index (χ2n) is 7.17. The molecule has 2 N–H and O–H groups in total. The van der Waals surface area contributed by atoms with E-state index in [0.29, 0.717) is 34.4 Å². The summed E-state index contributed by atoms with van der Waals surface area (Å²) < 4.78 is 5.67. The lowest BCUT2D eigenvalue weighted by Gasteiger charge is -2.11. The van der Waals surface area contributed by atoms with Gasteiger partial charge in [-0.1, -0.05) is 19.9 Å². The molecule has 0 atom stereocenters. The van der Waals surface area contributed by atoms with Crippen molar-refractivity contribution >= 4 is 39.6 Å². The number of carbonyl (C=O) groups excluding carboxylic acids is 1. The number of nitriles is 1. The molecule has 0 saturated carbocycles. The number of carbonyl (C=O) groups is 1. The maximum Gasteiger partial charge on any atom is 0.257 e. The molecular weight excluding hydrogens is 390 g/mol. The van der Waals surface area contributed by atoms with Crippen molar-refractivity contribution in [2.24, 2.45) is 5.92 Å². The second kappa shape index (κ2) is 9.18. The summed E-state index contributed by atoms with van der Waals surface area (Å²) in [6.45, 7) is 4.72. The molecule has 0 aliphatic heterocycles. The largest absolute Gasteiger partial charge is 0.493 e. The van der Waals surface area contributed by atoms with Gasteiger partial charge in [-0.05, 0) is 67.6 Å². The molecule has 1 amide bonds. The van der Waals surface area contributed by atoms with Crippen LogP contribution in [-0.4, -0.2) is 17.6 Å². The third-order valence-electron chi connectivity index (χ3n) is 4.42. The molecule has 0 radical (unpaired) electrons. The highest BCUT2D eigenvalue weighted by atomic mass is 32.1. The molecule has 0 bridgehead atoms. The summed E-state index contributed by atoms with van der Waals surface area (Å²) in [5, 5.41) is 16.2. The van der Waals surface area contributed by atoms with E-state index in [1.807, 2.05) is 6.07 Å². The van der Waals surface area contributed by atoms with Crippen LogP contribution in [0.4, 0.5) is 5.00 Å². The van der Waals surface area contributed by atoms with Gasteiger partial charge in [0.05, 0.1) is 12.2 Å². The van der Waals surface area contributed by atoms with Gasteiger partial charge in [0.15, 0.2) is 5.11 Å². The summed E-state index contributed by atoms with van der Waals surface area (Å²) in [5.74, 6) is 0.741. The average Bonchev–Trinajstić information content (AvgIpc) is 3.03. The van der Waals surface area contributed by atoms with E-state index >= 15 is 0 Å². The molecule has 0 spiro atoms. The topological polar surface area (TPSA) is 74.2 Å². The predicted molar refractivity (Wildman–Crippen MR) is 116 cm³/mol. The Balaban J connectivity index is 1.65. The Labute approximate surface area is 174 Å². The van der Waals surface area contributed by atoms with Gasteiger partial charge in [0.25, 0.3) is 5.91 Å². The third kappa shape index (κ3) is 4.89. The van der Waals surface area contributed by atoms with Gasteiger partial charge in [-0.25, -0.2) is 0 Å². The van der Waals surface area contributed by atoms with Crippen LogP contribution in [0, 0.1) is 17.2 Å². The zero-order chi connectivity index (χ0) is 20.1. The van der Waals surface area contributed by atoms with E-state index in [-0.39, 0.29) is 11.0 Å². The van der Waals surface area contributed by atoms with Crippen LogP contribution in [0.2, 0.25) is 0 Å². The Morgan fingerprint density at radius 1 is 1.36 bits per heavy atom. The van der Waals surface area contributed by atoms with Crippen molar-refractivity contribution in [3.05, 3.63) is 45.8 Å². The Morgan fingerprint density at radius 3 is 2.89 bits per heavy atom. The van der Waals surface area contributed by atoms with Crippen molar-refractivity contribution < 1.29 is 9.53 Å². The number of rotatable bonds is 5. The van der Waals surface area contributed by atoms with Crippen molar-refractivity contribution in [1.29, 1.82) is 5.26 Å². The van der Waals surface area contributed by atoms with E-state index in [1.165, 1.54) is 4.88 Å². The summed E-state index contributed by atoms with van der Waals surface area (Å²) in [5.41, 5.74) is 2.25. The number of benzene rings is 1. The van der Waals surface area contributed by atoms with Gasteiger partial charge in [-0.3, -0.25) is 10.1 Å². The van der Waals surface area contributed by atoms with Crippen LogP contribution in [-0.2, 0) is 12.8 Å². The van der Waals surface area contributed by atoms with E-state index in [0.717, 1.165) is 31.2 Å². The minimum absolute atomic E-state index is 0.189. The third-order valence-corrected chi connectivity index (χ3v) is 5.83. The first-order valence-corrected chi connectivity index (χ1v) is 10.6. The van der Waals surface area contributed by atoms with Crippen LogP contribution in [0.1, 0.15) is 53.1 Å². The molecule has 1 aliphatic carbocycles. The van der Waals surface area contributed by atoms with Crippen molar-refractivity contribution in [2.75, 3.05) is 11.9 Å². The van der Waals surface area contributed by atoms with Crippen LogP contribution in [0.25, 0.3) is 0 Å². The Morgan fingerprint density at radius 2 is 2.14 bits per heavy atom. The molecule has 28 heavy (non-hydrogen) atoms. The van der Waals surface area contributed by atoms with Gasteiger partial charge in [0.1, 0.15) is 16.8 Å². The van der Waals surface area contributed by atoms with E-state index in [2.05, 4.69) is 30.6 Å². The summed E-state index contributed by atoms with van der Waals surface area (Å²) in [4.78, 5) is 13.8. The molecule has 146 valence electrons. The molecule has 0 fully saturated rings. The normalized spacial score (nSPS) is 12.8. The molecule has 1 heterocycles. The Kier molecular flexibility index (Phi) is 6.65. The number of fused-ring (bicyclic) bond motifs is 1. The number of hydrogen-bond acceptors (Lipinski definition) is 5. The lowest BCUT2D eigenvalue weighted by Crippen LogP contribution is -2.34. The number of hydrogen-bond donors (Lipinski definition) is 2. The lowest BCUT2D eigenvalue weighted by molar-refractivity contribution is 0.0977. The maximum atomic E-state index is 12.5. The fourth-order valence-electron chi connectivity index (χ4n) is 3.07. The van der Waals surface area contributed by atoms with Gasteiger partial charge in [-0.15, -0.1) is 11.3 Å². The zero-order valence-corrected chi connectivity index (χ0v) is 17.6. The first-order valence-electron chi connectivity index (χ1n) is 9.37. The summed E-state index contributed by atoms with van der Waals surface area (Å²) in [6.07, 6.45) is 4.18. The number of thiophene rings is 1. The van der Waals surface area contributed by atoms with Crippen LogP contribution < -0.4 is 15.4 Å². The monoisotopic (exact) mass is 413 g/mol. The highest BCUT2D eigenvalue weighted by Crippen LogP contribution is 2.37. The summed E-state index contributed by atoms with van der Waals surface area (Å²) >= 11 is 6.86. The summed E-state index contributed by atoms with van der Waals surface area (Å²) in [6, 6.07) is 9.30. The minimum Gasteiger partial charge on any atom is -0.493 e. The number of amides is 1. The van der Waals surface area contributed by atoms with E-state index in [4.69, 9.17) is 17.0 Å². The molecule has 7 heteroatoms. The van der Waals surface area contributed by atoms with Crippen molar-refractivity contribution in [3.8, 4) is 11.8 Å². The minimum atomic E-state index is -0.313. The molecule has 5 nitrogen and oxygen atoms in total. The van der Waals surface area contributed by atoms with Crippen molar-refractivity contribution in [2.45, 2.75) is 39.5 Å². The van der Waals surface area contributed by atoms with Gasteiger partial charge in [0, 0.05) is 10.4 Å². The Hall–Kier alpha value is -2.43. The quantitative estimate of drug-likeness (QED) is 0.698. The molecule has 3 rings (SSSR count). The molecule has 1 aromatic heterocycles. The van der Waals surface area contributed by atoms with Crippen molar-refractivity contribution in [1.82, 2.24) is 5.32 Å². The van der Waals surface area contributed by atoms with E-state index in [9.17, 15) is 10.1 Å². The number of nitrogens with zero attached hydrogens (tertiary/aromatic N) is 1. The highest BCUT2D eigenvalue weighted by Gasteiger charge is 2.21. The Bertz CT molecular complexity index is 928. The van der Waals surface area contributed by atoms with Gasteiger partial charge in [-0.2, -0.15) is 5.26 Å². The van der Waals surface area contributed by atoms with Gasteiger partial charge in [0.2, 0.25) is 0 Å². The molecule has 0 unspecified atom stereocenters. The first kappa shape index (κ1) is 20.3. The average molecular weight is 414 g/mol. The van der Waals surface area contributed by atoms with Gasteiger partial charge >= 0.3 is 0 Å². The standard InChI is InChI=1S/C21H23N3O2S2/c1-13(2)12-26-15-7-5-6-14(10-15)19(25)23-21(27)24-20-17(11-22)16-8-3-4-9-18(16)28-20/h5-7,10,13H,3-4,8-9,12H2,1-2H3,(H2,23,24,25,27). The number of thiocarbonyl (C=S) groups is 1. The number of anilines is 1. The smallest absolute Gasteiger partial charge is 0.257 e. The SMILES string of the molecule is CC(C)COc1cccc(C(=O)NC(=S)Nc2sc3c(c2C#N)CCCC3)c1. The molecule has 2 aromatic rings.